The molecule has 0 fully saturated rings. The van der Waals surface area contributed by atoms with Gasteiger partial charge in [-0.25, -0.2) is 4.98 Å². The summed E-state index contributed by atoms with van der Waals surface area (Å²) in [4.78, 5) is 31.6. The van der Waals surface area contributed by atoms with Gasteiger partial charge in [-0.15, -0.1) is 0 Å². The third kappa shape index (κ3) is 3.37. The minimum absolute atomic E-state index is 0.0372. The lowest BCUT2D eigenvalue weighted by atomic mass is 9.96. The summed E-state index contributed by atoms with van der Waals surface area (Å²) in [5.74, 6) is 0.844. The first-order valence-corrected chi connectivity index (χ1v) is 10.6. The molecule has 2 amide bonds. The Morgan fingerprint density at radius 1 is 1.12 bits per heavy atom. The van der Waals surface area contributed by atoms with Crippen LogP contribution >= 0.6 is 0 Å². The topological polar surface area (TPSA) is 97.3 Å². The number of pyridine rings is 1. The number of fused-ring (bicyclic) bond motifs is 2. The van der Waals surface area contributed by atoms with Crippen molar-refractivity contribution in [3.05, 3.63) is 64.0 Å². The Kier molecular flexibility index (Phi) is 4.84. The number of aryl methyl sites for hydroxylation is 3. The predicted molar refractivity (Wildman–Crippen MR) is 119 cm³/mol. The highest BCUT2D eigenvalue weighted by Crippen LogP contribution is 2.37. The Morgan fingerprint density at radius 2 is 1.97 bits per heavy atom. The SMILES string of the molecule is Cc1cnnc(C)c1CN1C(=O)COc2c(C)cc(-c3ccc4c(c3)C(=O)NCC4)nc21. The van der Waals surface area contributed by atoms with Crippen LogP contribution in [0.4, 0.5) is 5.82 Å². The molecule has 2 aliphatic heterocycles. The standard InChI is InChI=1S/C24H23N5O3/c1-13-8-20(17-5-4-16-6-7-25-24(31)18(16)9-17)27-23-22(13)32-12-21(30)29(23)11-19-14(2)10-26-28-15(19)3/h4-5,8-10H,6-7,11-12H2,1-3H3,(H,25,31). The average molecular weight is 429 g/mol. The quantitative estimate of drug-likeness (QED) is 0.688. The third-order valence-corrected chi connectivity index (χ3v) is 6.06. The molecule has 2 aliphatic rings. The molecule has 0 saturated carbocycles. The largest absolute Gasteiger partial charge is 0.480 e. The number of carbonyl (C=O) groups excluding carboxylic acids is 2. The molecule has 32 heavy (non-hydrogen) atoms. The van der Waals surface area contributed by atoms with Crippen LogP contribution in [0.1, 0.15) is 38.3 Å². The van der Waals surface area contributed by atoms with Gasteiger partial charge in [0.1, 0.15) is 0 Å². The Bertz CT molecular complexity index is 1250. The van der Waals surface area contributed by atoms with Crippen LogP contribution in [0.15, 0.2) is 30.5 Å². The third-order valence-electron chi connectivity index (χ3n) is 6.06. The molecule has 162 valence electrons. The van der Waals surface area contributed by atoms with E-state index in [0.29, 0.717) is 35.9 Å². The number of anilines is 1. The second-order valence-corrected chi connectivity index (χ2v) is 8.22. The summed E-state index contributed by atoms with van der Waals surface area (Å²) in [5, 5.41) is 11.0. The molecular formula is C24H23N5O3. The molecule has 0 bridgehead atoms. The van der Waals surface area contributed by atoms with Crippen LogP contribution in [0.5, 0.6) is 5.75 Å². The van der Waals surface area contributed by atoms with Crippen molar-refractivity contribution >= 4 is 17.6 Å². The van der Waals surface area contributed by atoms with Gasteiger partial charge in [0.05, 0.1) is 24.1 Å². The van der Waals surface area contributed by atoms with Crippen molar-refractivity contribution in [3.8, 4) is 17.0 Å². The lowest BCUT2D eigenvalue weighted by molar-refractivity contribution is -0.121. The van der Waals surface area contributed by atoms with Crippen molar-refractivity contribution in [1.29, 1.82) is 0 Å². The molecule has 0 saturated heterocycles. The molecule has 0 unspecified atom stereocenters. The number of hydrogen-bond acceptors (Lipinski definition) is 6. The zero-order valence-corrected chi connectivity index (χ0v) is 18.2. The maximum atomic E-state index is 12.8. The first kappa shape index (κ1) is 20.1. The summed E-state index contributed by atoms with van der Waals surface area (Å²) < 4.78 is 5.75. The lowest BCUT2D eigenvalue weighted by Crippen LogP contribution is -2.39. The summed E-state index contributed by atoms with van der Waals surface area (Å²) in [6, 6.07) is 7.76. The molecule has 3 aromatic rings. The first-order chi connectivity index (χ1) is 15.4. The second-order valence-electron chi connectivity index (χ2n) is 8.22. The predicted octanol–water partition coefficient (Wildman–Crippen LogP) is 2.68. The Balaban J connectivity index is 1.59. The molecule has 0 aliphatic carbocycles. The van der Waals surface area contributed by atoms with Gasteiger partial charge in [0.15, 0.2) is 18.2 Å². The molecule has 0 radical (unpaired) electrons. The van der Waals surface area contributed by atoms with E-state index in [0.717, 1.165) is 39.9 Å². The number of rotatable bonds is 3. The van der Waals surface area contributed by atoms with E-state index in [1.54, 1.807) is 11.1 Å². The fourth-order valence-electron chi connectivity index (χ4n) is 4.24. The van der Waals surface area contributed by atoms with Gasteiger partial charge in [0.2, 0.25) is 0 Å². The molecule has 5 rings (SSSR count). The molecule has 8 heteroatoms. The summed E-state index contributed by atoms with van der Waals surface area (Å²) in [5.41, 5.74) is 6.77. The van der Waals surface area contributed by atoms with Crippen molar-refractivity contribution in [2.24, 2.45) is 0 Å². The monoisotopic (exact) mass is 429 g/mol. The van der Waals surface area contributed by atoms with E-state index in [4.69, 9.17) is 9.72 Å². The van der Waals surface area contributed by atoms with E-state index in [2.05, 4.69) is 15.5 Å². The summed E-state index contributed by atoms with van der Waals surface area (Å²) >= 11 is 0. The number of ether oxygens (including phenoxy) is 1. The second kappa shape index (κ2) is 7.71. The van der Waals surface area contributed by atoms with Crippen LogP contribution in [0.2, 0.25) is 0 Å². The van der Waals surface area contributed by atoms with Gasteiger partial charge in [-0.1, -0.05) is 12.1 Å². The zero-order chi connectivity index (χ0) is 22.4. The number of carbonyl (C=O) groups is 2. The molecule has 1 N–H and O–H groups in total. The van der Waals surface area contributed by atoms with Gasteiger partial charge >= 0.3 is 0 Å². The highest BCUT2D eigenvalue weighted by Gasteiger charge is 2.30. The maximum Gasteiger partial charge on any atom is 0.266 e. The van der Waals surface area contributed by atoms with E-state index in [1.807, 2.05) is 45.0 Å². The number of hydrogen-bond donors (Lipinski definition) is 1. The van der Waals surface area contributed by atoms with Gasteiger partial charge in [-0.05, 0) is 61.6 Å². The van der Waals surface area contributed by atoms with Gasteiger partial charge in [0, 0.05) is 17.7 Å². The number of amides is 2. The molecule has 2 aromatic heterocycles. The van der Waals surface area contributed by atoms with Crippen LogP contribution in [0.25, 0.3) is 11.3 Å². The minimum Gasteiger partial charge on any atom is -0.480 e. The molecule has 0 spiro atoms. The Labute approximate surface area is 185 Å². The van der Waals surface area contributed by atoms with Gasteiger partial charge < -0.3 is 10.1 Å². The van der Waals surface area contributed by atoms with E-state index >= 15 is 0 Å². The summed E-state index contributed by atoms with van der Waals surface area (Å²) in [7, 11) is 0. The van der Waals surface area contributed by atoms with Gasteiger partial charge in [0.25, 0.3) is 11.8 Å². The van der Waals surface area contributed by atoms with E-state index < -0.39 is 0 Å². The normalized spacial score (nSPS) is 15.0. The molecule has 4 heterocycles. The number of benzene rings is 1. The number of aromatic nitrogens is 3. The molecule has 8 nitrogen and oxygen atoms in total. The van der Waals surface area contributed by atoms with Gasteiger partial charge in [-0.3, -0.25) is 14.5 Å². The van der Waals surface area contributed by atoms with Crippen LogP contribution < -0.4 is 15.0 Å². The van der Waals surface area contributed by atoms with E-state index in [-0.39, 0.29) is 18.4 Å². The lowest BCUT2D eigenvalue weighted by Gasteiger charge is -2.30. The van der Waals surface area contributed by atoms with Gasteiger partial charge in [-0.2, -0.15) is 10.2 Å². The number of nitrogens with zero attached hydrogens (tertiary/aromatic N) is 4. The van der Waals surface area contributed by atoms with Crippen LogP contribution in [0.3, 0.4) is 0 Å². The van der Waals surface area contributed by atoms with E-state index in [1.165, 1.54) is 0 Å². The highest BCUT2D eigenvalue weighted by atomic mass is 16.5. The van der Waals surface area contributed by atoms with Crippen molar-refractivity contribution < 1.29 is 14.3 Å². The fraction of sp³-hybridized carbons (Fsp3) is 0.292. The average Bonchev–Trinajstić information content (AvgIpc) is 2.77. The number of nitrogens with one attached hydrogen (secondary N) is 1. The minimum atomic E-state index is -0.165. The summed E-state index contributed by atoms with van der Waals surface area (Å²) in [6.07, 6.45) is 2.51. The van der Waals surface area contributed by atoms with Crippen LogP contribution in [-0.2, 0) is 17.8 Å². The van der Waals surface area contributed by atoms with Crippen LogP contribution in [0, 0.1) is 20.8 Å². The fourth-order valence-corrected chi connectivity index (χ4v) is 4.24. The van der Waals surface area contributed by atoms with Crippen LogP contribution in [-0.4, -0.2) is 40.1 Å². The van der Waals surface area contributed by atoms with Crippen molar-refractivity contribution in [1.82, 2.24) is 20.5 Å². The van der Waals surface area contributed by atoms with Crippen molar-refractivity contribution in [2.45, 2.75) is 33.7 Å². The van der Waals surface area contributed by atoms with Crippen molar-refractivity contribution in [2.75, 3.05) is 18.1 Å². The summed E-state index contributed by atoms with van der Waals surface area (Å²) in [6.45, 7) is 6.73. The Hall–Kier alpha value is -3.81. The van der Waals surface area contributed by atoms with E-state index in [9.17, 15) is 9.59 Å². The zero-order valence-electron chi connectivity index (χ0n) is 18.2. The molecular weight excluding hydrogens is 406 g/mol. The first-order valence-electron chi connectivity index (χ1n) is 10.6. The van der Waals surface area contributed by atoms with Crippen molar-refractivity contribution in [3.63, 3.8) is 0 Å². The smallest absolute Gasteiger partial charge is 0.266 e. The Morgan fingerprint density at radius 3 is 2.78 bits per heavy atom. The molecule has 1 aromatic carbocycles. The highest BCUT2D eigenvalue weighted by molar-refractivity contribution is 5.99. The maximum absolute atomic E-state index is 12.8. The molecule has 0 atom stereocenters.